The Morgan fingerprint density at radius 1 is 1.45 bits per heavy atom. The van der Waals surface area contributed by atoms with E-state index < -0.39 is 0 Å². The molecule has 1 amide bonds. The maximum atomic E-state index is 11.8. The summed E-state index contributed by atoms with van der Waals surface area (Å²) >= 11 is 1.38. The number of rotatable bonds is 7. The molecule has 0 aliphatic rings. The first kappa shape index (κ1) is 21.9. The molecule has 5 nitrogen and oxygen atoms in total. The van der Waals surface area contributed by atoms with Crippen molar-refractivity contribution in [3.63, 3.8) is 0 Å². The Morgan fingerprint density at radius 3 is 2.65 bits per heavy atom. The van der Waals surface area contributed by atoms with E-state index in [-0.39, 0.29) is 42.9 Å². The second-order valence-corrected chi connectivity index (χ2v) is 5.12. The van der Waals surface area contributed by atoms with Crippen LogP contribution in [0.5, 0.6) is 0 Å². The van der Waals surface area contributed by atoms with Crippen LogP contribution < -0.4 is 10.6 Å². The normalized spacial score (nSPS) is 12.8. The van der Waals surface area contributed by atoms with Gasteiger partial charge in [-0.15, -0.1) is 36.2 Å². The summed E-state index contributed by atoms with van der Waals surface area (Å²) in [6.07, 6.45) is 1.55. The van der Waals surface area contributed by atoms with Gasteiger partial charge in [-0.2, -0.15) is 0 Å². The Labute approximate surface area is 136 Å². The van der Waals surface area contributed by atoms with Crippen LogP contribution in [0.15, 0.2) is 6.20 Å². The molecule has 2 atom stereocenters. The molecule has 1 aromatic heterocycles. The summed E-state index contributed by atoms with van der Waals surface area (Å²) in [5.41, 5.74) is 0. The molecule has 118 valence electrons. The fraction of sp³-hybridized carbons (Fsp3) is 0.667. The van der Waals surface area contributed by atoms with Gasteiger partial charge in [0.05, 0.1) is 6.20 Å². The van der Waals surface area contributed by atoms with Gasteiger partial charge in [0.25, 0.3) is 5.91 Å². The van der Waals surface area contributed by atoms with E-state index in [0.29, 0.717) is 18.0 Å². The Kier molecular flexibility index (Phi) is 12.3. The molecular weight excluding hydrogens is 321 g/mol. The third kappa shape index (κ3) is 6.85. The minimum atomic E-state index is -0.0791. The number of hydrogen-bond donors (Lipinski definition) is 2. The van der Waals surface area contributed by atoms with Crippen LogP contribution in [0.1, 0.15) is 41.6 Å². The highest BCUT2D eigenvalue weighted by molar-refractivity contribution is 7.13. The number of nitrogens with zero attached hydrogens (tertiary/aromatic N) is 1. The second kappa shape index (κ2) is 11.3. The highest BCUT2D eigenvalue weighted by Crippen LogP contribution is 2.22. The van der Waals surface area contributed by atoms with Crippen molar-refractivity contribution in [2.24, 2.45) is 0 Å². The smallest absolute Gasteiger partial charge is 0.263 e. The van der Waals surface area contributed by atoms with Crippen LogP contribution in [0.3, 0.4) is 0 Å². The van der Waals surface area contributed by atoms with Crippen LogP contribution in [-0.4, -0.2) is 37.1 Å². The number of ether oxygens (including phenoxy) is 1. The van der Waals surface area contributed by atoms with Gasteiger partial charge in [0, 0.05) is 19.2 Å². The number of carbonyl (C=O) groups excluding carboxylic acids is 1. The average Bonchev–Trinajstić information content (AvgIpc) is 2.85. The standard InChI is InChI=1S/C12H21N3O2S.2ClH/c1-5-17-9(3)12-15-7-10(18-12)11(16)14-6-8(2)13-4;;/h7-9,13H,5-6H2,1-4H3,(H,14,16);2*1H. The summed E-state index contributed by atoms with van der Waals surface area (Å²) in [7, 11) is 1.87. The van der Waals surface area contributed by atoms with Crippen molar-refractivity contribution < 1.29 is 9.53 Å². The molecule has 0 bridgehead atoms. The molecule has 0 aliphatic carbocycles. The average molecular weight is 344 g/mol. The molecule has 2 unspecified atom stereocenters. The molecule has 1 heterocycles. The molecule has 0 saturated carbocycles. The first-order valence-corrected chi connectivity index (χ1v) is 6.92. The van der Waals surface area contributed by atoms with Crippen molar-refractivity contribution in [3.8, 4) is 0 Å². The van der Waals surface area contributed by atoms with Gasteiger partial charge in [-0.05, 0) is 27.8 Å². The van der Waals surface area contributed by atoms with Gasteiger partial charge in [0.15, 0.2) is 0 Å². The number of aromatic nitrogens is 1. The lowest BCUT2D eigenvalue weighted by Crippen LogP contribution is -2.36. The number of halogens is 2. The Hall–Kier alpha value is -0.400. The maximum absolute atomic E-state index is 11.8. The molecule has 0 saturated heterocycles. The Bertz CT molecular complexity index is 391. The topological polar surface area (TPSA) is 63.2 Å². The molecule has 0 spiro atoms. The van der Waals surface area contributed by atoms with Crippen LogP contribution in [0, 0.1) is 0 Å². The van der Waals surface area contributed by atoms with E-state index in [2.05, 4.69) is 15.6 Å². The highest BCUT2D eigenvalue weighted by atomic mass is 35.5. The van der Waals surface area contributed by atoms with Crippen molar-refractivity contribution in [1.29, 1.82) is 0 Å². The van der Waals surface area contributed by atoms with E-state index >= 15 is 0 Å². The summed E-state index contributed by atoms with van der Waals surface area (Å²) in [6.45, 7) is 7.13. The van der Waals surface area contributed by atoms with Gasteiger partial charge in [-0.3, -0.25) is 4.79 Å². The fourth-order valence-corrected chi connectivity index (χ4v) is 2.17. The predicted octanol–water partition coefficient (Wildman–Crippen LogP) is 2.42. The van der Waals surface area contributed by atoms with E-state index in [1.54, 1.807) is 6.20 Å². The number of nitrogens with one attached hydrogen (secondary N) is 2. The van der Waals surface area contributed by atoms with Crippen LogP contribution in [0.2, 0.25) is 0 Å². The van der Waals surface area contributed by atoms with Crippen molar-refractivity contribution in [3.05, 3.63) is 16.1 Å². The van der Waals surface area contributed by atoms with E-state index in [1.807, 2.05) is 27.8 Å². The van der Waals surface area contributed by atoms with Gasteiger partial charge in [-0.1, -0.05) is 0 Å². The first-order valence-electron chi connectivity index (χ1n) is 6.11. The zero-order valence-corrected chi connectivity index (χ0v) is 14.6. The molecule has 1 aromatic rings. The number of hydrogen-bond acceptors (Lipinski definition) is 5. The number of carbonyl (C=O) groups is 1. The molecule has 8 heteroatoms. The molecule has 20 heavy (non-hydrogen) atoms. The lowest BCUT2D eigenvalue weighted by Gasteiger charge is -2.10. The van der Waals surface area contributed by atoms with Gasteiger partial charge >= 0.3 is 0 Å². The van der Waals surface area contributed by atoms with Crippen LogP contribution >= 0.6 is 36.2 Å². The molecule has 0 fully saturated rings. The molecule has 0 radical (unpaired) electrons. The summed E-state index contributed by atoms with van der Waals surface area (Å²) in [5, 5.41) is 6.76. The number of thiazole rings is 1. The number of amides is 1. The SMILES string of the molecule is CCOC(C)c1ncc(C(=O)NCC(C)NC)s1.Cl.Cl. The summed E-state index contributed by atoms with van der Waals surface area (Å²) in [4.78, 5) is 16.7. The van der Waals surface area contributed by atoms with Crippen LogP contribution in [0.25, 0.3) is 0 Å². The Balaban J connectivity index is 0. The monoisotopic (exact) mass is 343 g/mol. The molecular formula is C12H23Cl2N3O2S. The molecule has 0 aromatic carbocycles. The minimum Gasteiger partial charge on any atom is -0.372 e. The molecule has 2 N–H and O–H groups in total. The summed E-state index contributed by atoms with van der Waals surface area (Å²) in [5.74, 6) is -0.0791. The zero-order chi connectivity index (χ0) is 13.5. The third-order valence-electron chi connectivity index (χ3n) is 2.57. The summed E-state index contributed by atoms with van der Waals surface area (Å²) < 4.78 is 5.44. The molecule has 1 rings (SSSR count). The van der Waals surface area contributed by atoms with E-state index in [4.69, 9.17) is 4.74 Å². The van der Waals surface area contributed by atoms with E-state index in [0.717, 1.165) is 5.01 Å². The van der Waals surface area contributed by atoms with Gasteiger partial charge in [0.1, 0.15) is 16.0 Å². The van der Waals surface area contributed by atoms with Gasteiger partial charge in [-0.25, -0.2) is 4.98 Å². The minimum absolute atomic E-state index is 0. The maximum Gasteiger partial charge on any atom is 0.263 e. The Morgan fingerprint density at radius 2 is 2.10 bits per heavy atom. The third-order valence-corrected chi connectivity index (χ3v) is 3.73. The number of likely N-dealkylation sites (N-methyl/N-ethyl adjacent to an activating group) is 1. The van der Waals surface area contributed by atoms with Crippen LogP contribution in [0.4, 0.5) is 0 Å². The second-order valence-electron chi connectivity index (χ2n) is 4.06. The van der Waals surface area contributed by atoms with Gasteiger partial charge in [0.2, 0.25) is 0 Å². The van der Waals surface area contributed by atoms with Crippen molar-refractivity contribution in [2.45, 2.75) is 32.9 Å². The predicted molar refractivity (Wildman–Crippen MR) is 87.5 cm³/mol. The lowest BCUT2D eigenvalue weighted by molar-refractivity contribution is 0.0762. The van der Waals surface area contributed by atoms with E-state index in [9.17, 15) is 4.79 Å². The molecule has 0 aliphatic heterocycles. The van der Waals surface area contributed by atoms with Gasteiger partial charge < -0.3 is 15.4 Å². The largest absolute Gasteiger partial charge is 0.372 e. The highest BCUT2D eigenvalue weighted by Gasteiger charge is 2.15. The zero-order valence-electron chi connectivity index (χ0n) is 12.1. The lowest BCUT2D eigenvalue weighted by atomic mass is 10.3. The first-order chi connectivity index (χ1) is 8.58. The van der Waals surface area contributed by atoms with Crippen molar-refractivity contribution in [1.82, 2.24) is 15.6 Å². The van der Waals surface area contributed by atoms with Crippen molar-refractivity contribution in [2.75, 3.05) is 20.2 Å². The van der Waals surface area contributed by atoms with Crippen molar-refractivity contribution >= 4 is 42.1 Å². The van der Waals surface area contributed by atoms with Crippen LogP contribution in [-0.2, 0) is 4.74 Å². The summed E-state index contributed by atoms with van der Waals surface area (Å²) in [6, 6.07) is 0.253. The quantitative estimate of drug-likeness (QED) is 0.797. The fourth-order valence-electron chi connectivity index (χ4n) is 1.34. The van der Waals surface area contributed by atoms with E-state index in [1.165, 1.54) is 11.3 Å².